The molecule has 0 saturated carbocycles. The average Bonchev–Trinajstić information content (AvgIpc) is 2.06. The third-order valence-corrected chi connectivity index (χ3v) is 4.24. The van der Waals surface area contributed by atoms with Crippen molar-refractivity contribution in [2.24, 2.45) is 5.92 Å². The zero-order chi connectivity index (χ0) is 8.97. The monoisotopic (exact) mass is 189 g/mol. The topological polar surface area (TPSA) is 29.1 Å². The molecule has 0 aromatic carbocycles. The summed E-state index contributed by atoms with van der Waals surface area (Å²) >= 11 is 0. The van der Waals surface area contributed by atoms with Crippen LogP contribution in [0.5, 0.6) is 0 Å². The number of piperidine rings is 1. The number of nitrogens with one attached hydrogen (secondary N) is 1. The molecule has 1 unspecified atom stereocenters. The molecule has 1 aliphatic heterocycles. The predicted molar refractivity (Wildman–Crippen MR) is 53.7 cm³/mol. The quantitative estimate of drug-likeness (QED) is 0.721. The molecule has 1 atom stereocenters. The molecule has 0 aromatic rings. The van der Waals surface area contributed by atoms with Crippen LogP contribution in [0.15, 0.2) is 0 Å². The van der Waals surface area contributed by atoms with Gasteiger partial charge in [0.05, 0.1) is 0 Å². The zero-order valence-electron chi connectivity index (χ0n) is 8.01. The molecule has 0 aliphatic carbocycles. The highest BCUT2D eigenvalue weighted by atomic mass is 32.2. The first-order valence-corrected chi connectivity index (χ1v) is 6.16. The molecule has 0 spiro atoms. The summed E-state index contributed by atoms with van der Waals surface area (Å²) in [5.41, 5.74) is 0. The van der Waals surface area contributed by atoms with Crippen LogP contribution in [0.4, 0.5) is 0 Å². The van der Waals surface area contributed by atoms with E-state index in [1.54, 1.807) is 0 Å². The van der Waals surface area contributed by atoms with Gasteiger partial charge in [0.15, 0.2) is 0 Å². The van der Waals surface area contributed by atoms with Crippen LogP contribution in [0.2, 0.25) is 0 Å². The molecular formula is C9H19NOS. The van der Waals surface area contributed by atoms with E-state index in [0.29, 0.717) is 11.2 Å². The molecule has 1 aliphatic rings. The van der Waals surface area contributed by atoms with Gasteiger partial charge in [-0.2, -0.15) is 0 Å². The molecule has 2 nitrogen and oxygen atoms in total. The van der Waals surface area contributed by atoms with E-state index in [1.165, 1.54) is 12.8 Å². The molecule has 1 heterocycles. The summed E-state index contributed by atoms with van der Waals surface area (Å²) < 4.78 is 11.5. The molecule has 1 N–H and O–H groups in total. The smallest absolute Gasteiger partial charge is 0.0291 e. The molecule has 0 bridgehead atoms. The zero-order valence-corrected chi connectivity index (χ0v) is 8.82. The molecule has 1 rings (SSSR count). The van der Waals surface area contributed by atoms with Gasteiger partial charge in [-0.15, -0.1) is 0 Å². The lowest BCUT2D eigenvalue weighted by atomic mass is 10.0. The first-order chi connectivity index (χ1) is 5.70. The van der Waals surface area contributed by atoms with E-state index in [4.69, 9.17) is 0 Å². The minimum absolute atomic E-state index is 0.333. The van der Waals surface area contributed by atoms with E-state index < -0.39 is 10.8 Å². The molecule has 3 heteroatoms. The van der Waals surface area contributed by atoms with E-state index in [9.17, 15) is 4.21 Å². The summed E-state index contributed by atoms with van der Waals surface area (Å²) in [4.78, 5) is 0. The Balaban J connectivity index is 2.24. The van der Waals surface area contributed by atoms with Gasteiger partial charge in [0, 0.05) is 21.8 Å². The molecular weight excluding hydrogens is 170 g/mol. The molecule has 0 amide bonds. The second kappa shape index (κ2) is 4.97. The van der Waals surface area contributed by atoms with E-state index >= 15 is 0 Å². The highest BCUT2D eigenvalue weighted by Gasteiger charge is 2.17. The lowest BCUT2D eigenvalue weighted by Crippen LogP contribution is -2.31. The summed E-state index contributed by atoms with van der Waals surface area (Å²) in [7, 11) is -0.597. The van der Waals surface area contributed by atoms with Crippen LogP contribution in [-0.2, 0) is 10.8 Å². The normalized spacial score (nSPS) is 22.9. The van der Waals surface area contributed by atoms with Crippen LogP contribution in [0.3, 0.4) is 0 Å². The predicted octanol–water partition coefficient (Wildman–Crippen LogP) is 1.14. The Morgan fingerprint density at radius 3 is 2.50 bits per heavy atom. The van der Waals surface area contributed by atoms with Crippen molar-refractivity contribution in [3.63, 3.8) is 0 Å². The standard InChI is InChI=1S/C9H19NOS/c1-8(2)12(11)7-9-3-5-10-6-4-9/h8-10H,3-7H2,1-2H3. The van der Waals surface area contributed by atoms with E-state index in [1.807, 2.05) is 13.8 Å². The van der Waals surface area contributed by atoms with Crippen LogP contribution in [0, 0.1) is 5.92 Å². The maximum Gasteiger partial charge on any atom is 0.0291 e. The van der Waals surface area contributed by atoms with Gasteiger partial charge in [-0.3, -0.25) is 4.21 Å². The fourth-order valence-electron chi connectivity index (χ4n) is 1.47. The van der Waals surface area contributed by atoms with Crippen molar-refractivity contribution in [3.05, 3.63) is 0 Å². The van der Waals surface area contributed by atoms with Gasteiger partial charge < -0.3 is 5.32 Å². The minimum atomic E-state index is -0.597. The molecule has 1 saturated heterocycles. The van der Waals surface area contributed by atoms with Gasteiger partial charge >= 0.3 is 0 Å². The van der Waals surface area contributed by atoms with Crippen LogP contribution in [-0.4, -0.2) is 28.3 Å². The Hall–Kier alpha value is 0.110. The third kappa shape index (κ3) is 3.23. The SMILES string of the molecule is CC(C)S(=O)CC1CCNCC1. The molecule has 0 aromatic heterocycles. The van der Waals surface area contributed by atoms with Gasteiger partial charge in [-0.1, -0.05) is 13.8 Å². The second-order valence-corrected chi connectivity index (χ2v) is 5.83. The lowest BCUT2D eigenvalue weighted by Gasteiger charge is -2.22. The number of hydrogen-bond acceptors (Lipinski definition) is 2. The van der Waals surface area contributed by atoms with Gasteiger partial charge in [-0.25, -0.2) is 0 Å². The lowest BCUT2D eigenvalue weighted by molar-refractivity contribution is 0.405. The first kappa shape index (κ1) is 10.2. The van der Waals surface area contributed by atoms with Crippen LogP contribution < -0.4 is 5.32 Å². The Kier molecular flexibility index (Phi) is 4.22. The first-order valence-electron chi connectivity index (χ1n) is 4.78. The minimum Gasteiger partial charge on any atom is -0.317 e. The summed E-state index contributed by atoms with van der Waals surface area (Å²) in [6, 6.07) is 0. The van der Waals surface area contributed by atoms with Crippen molar-refractivity contribution < 1.29 is 4.21 Å². The fourth-order valence-corrected chi connectivity index (χ4v) is 2.66. The summed E-state index contributed by atoms with van der Waals surface area (Å²) in [5.74, 6) is 1.62. The fraction of sp³-hybridized carbons (Fsp3) is 1.00. The van der Waals surface area contributed by atoms with Gasteiger partial charge in [0.25, 0.3) is 0 Å². The number of hydrogen-bond donors (Lipinski definition) is 1. The van der Waals surface area contributed by atoms with E-state index in [0.717, 1.165) is 18.8 Å². The highest BCUT2D eigenvalue weighted by molar-refractivity contribution is 7.85. The Morgan fingerprint density at radius 1 is 1.42 bits per heavy atom. The van der Waals surface area contributed by atoms with Crippen molar-refractivity contribution in [2.75, 3.05) is 18.8 Å². The second-order valence-electron chi connectivity index (χ2n) is 3.79. The van der Waals surface area contributed by atoms with Gasteiger partial charge in [0.1, 0.15) is 0 Å². The van der Waals surface area contributed by atoms with Crippen LogP contribution >= 0.6 is 0 Å². The van der Waals surface area contributed by atoms with Crippen molar-refractivity contribution in [1.82, 2.24) is 5.32 Å². The van der Waals surface area contributed by atoms with Crippen LogP contribution in [0.1, 0.15) is 26.7 Å². The molecule has 1 fully saturated rings. The third-order valence-electron chi connectivity index (χ3n) is 2.38. The van der Waals surface area contributed by atoms with E-state index in [2.05, 4.69) is 5.32 Å². The Bertz CT molecular complexity index is 153. The highest BCUT2D eigenvalue weighted by Crippen LogP contribution is 2.14. The maximum absolute atomic E-state index is 11.5. The largest absolute Gasteiger partial charge is 0.317 e. The van der Waals surface area contributed by atoms with Crippen molar-refractivity contribution in [3.8, 4) is 0 Å². The van der Waals surface area contributed by atoms with E-state index in [-0.39, 0.29) is 0 Å². The summed E-state index contributed by atoms with van der Waals surface area (Å²) in [5, 5.41) is 3.65. The average molecular weight is 189 g/mol. The molecule has 12 heavy (non-hydrogen) atoms. The summed E-state index contributed by atoms with van der Waals surface area (Å²) in [6.45, 7) is 6.30. The molecule has 0 radical (unpaired) electrons. The van der Waals surface area contributed by atoms with Crippen molar-refractivity contribution >= 4 is 10.8 Å². The Labute approximate surface area is 77.6 Å². The molecule has 72 valence electrons. The van der Waals surface area contributed by atoms with Gasteiger partial charge in [-0.05, 0) is 31.8 Å². The Morgan fingerprint density at radius 2 is 2.00 bits per heavy atom. The van der Waals surface area contributed by atoms with Crippen LogP contribution in [0.25, 0.3) is 0 Å². The number of rotatable bonds is 3. The van der Waals surface area contributed by atoms with Crippen molar-refractivity contribution in [2.45, 2.75) is 31.9 Å². The van der Waals surface area contributed by atoms with Crippen molar-refractivity contribution in [1.29, 1.82) is 0 Å². The summed E-state index contributed by atoms with van der Waals surface area (Å²) in [6.07, 6.45) is 2.41. The maximum atomic E-state index is 11.5. The van der Waals surface area contributed by atoms with Gasteiger partial charge in [0.2, 0.25) is 0 Å².